The molecular formula is C22H28ClN5O2S. The smallest absolute Gasteiger partial charge is 0.230 e. The highest BCUT2D eigenvalue weighted by atomic mass is 35.5. The number of aromatic nitrogens is 2. The van der Waals surface area contributed by atoms with Crippen LogP contribution in [0.15, 0.2) is 41.6 Å². The maximum absolute atomic E-state index is 12.5. The van der Waals surface area contributed by atoms with Gasteiger partial charge in [0.15, 0.2) is 5.16 Å². The van der Waals surface area contributed by atoms with Crippen molar-refractivity contribution < 1.29 is 9.59 Å². The molecule has 0 saturated carbocycles. The molecule has 1 aliphatic heterocycles. The van der Waals surface area contributed by atoms with Crippen LogP contribution in [0.4, 0.5) is 5.82 Å². The zero-order valence-corrected chi connectivity index (χ0v) is 19.7. The normalized spacial score (nSPS) is 14.5. The molecule has 1 saturated heterocycles. The van der Waals surface area contributed by atoms with E-state index in [0.717, 1.165) is 11.4 Å². The van der Waals surface area contributed by atoms with Crippen LogP contribution in [0, 0.1) is 5.41 Å². The molecular weight excluding hydrogens is 434 g/mol. The van der Waals surface area contributed by atoms with Crippen LogP contribution in [0.5, 0.6) is 0 Å². The maximum Gasteiger partial charge on any atom is 0.230 e. The van der Waals surface area contributed by atoms with Crippen molar-refractivity contribution in [2.45, 2.75) is 32.5 Å². The molecule has 1 fully saturated rings. The molecule has 1 aliphatic rings. The molecule has 0 aliphatic carbocycles. The highest BCUT2D eigenvalue weighted by Gasteiger charge is 2.30. The SMILES string of the molecule is CC(C)(C)C(=O)N1CCN(c2cc(Cl)nc(SCC(=O)NCc3ccccc3)n2)CC1. The molecule has 31 heavy (non-hydrogen) atoms. The van der Waals surface area contributed by atoms with Gasteiger partial charge in [-0.1, -0.05) is 74.5 Å². The van der Waals surface area contributed by atoms with Crippen molar-refractivity contribution in [1.82, 2.24) is 20.2 Å². The number of hydrogen-bond acceptors (Lipinski definition) is 6. The van der Waals surface area contributed by atoms with E-state index in [9.17, 15) is 9.59 Å². The Morgan fingerprint density at radius 3 is 2.42 bits per heavy atom. The van der Waals surface area contributed by atoms with Gasteiger partial charge < -0.3 is 15.1 Å². The Kier molecular flexibility index (Phi) is 7.78. The molecule has 1 aromatic heterocycles. The molecule has 3 rings (SSSR count). The predicted molar refractivity (Wildman–Crippen MR) is 124 cm³/mol. The van der Waals surface area contributed by atoms with E-state index < -0.39 is 0 Å². The maximum atomic E-state index is 12.5. The monoisotopic (exact) mass is 461 g/mol. The van der Waals surface area contributed by atoms with Gasteiger partial charge >= 0.3 is 0 Å². The lowest BCUT2D eigenvalue weighted by Crippen LogP contribution is -2.51. The van der Waals surface area contributed by atoms with Gasteiger partial charge in [-0.25, -0.2) is 9.97 Å². The highest BCUT2D eigenvalue weighted by Crippen LogP contribution is 2.24. The summed E-state index contributed by atoms with van der Waals surface area (Å²) in [7, 11) is 0. The van der Waals surface area contributed by atoms with Crippen LogP contribution in [0.3, 0.4) is 0 Å². The summed E-state index contributed by atoms with van der Waals surface area (Å²) in [5.41, 5.74) is 0.664. The molecule has 1 N–H and O–H groups in total. The van der Waals surface area contributed by atoms with E-state index >= 15 is 0 Å². The summed E-state index contributed by atoms with van der Waals surface area (Å²) >= 11 is 7.46. The number of benzene rings is 1. The highest BCUT2D eigenvalue weighted by molar-refractivity contribution is 7.99. The van der Waals surface area contributed by atoms with E-state index in [1.54, 1.807) is 6.07 Å². The fourth-order valence-corrected chi connectivity index (χ4v) is 4.11. The standard InChI is InChI=1S/C22H28ClN5O2S/c1-22(2,3)20(30)28-11-9-27(10-12-28)18-13-17(23)25-21(26-18)31-15-19(29)24-14-16-7-5-4-6-8-16/h4-8,13H,9-12,14-15H2,1-3H3,(H,24,29). The number of carbonyl (C=O) groups excluding carboxylic acids is 2. The fourth-order valence-electron chi connectivity index (χ4n) is 3.20. The molecule has 7 nitrogen and oxygen atoms in total. The third kappa shape index (κ3) is 6.83. The second kappa shape index (κ2) is 10.3. The third-order valence-electron chi connectivity index (χ3n) is 4.86. The second-order valence-corrected chi connectivity index (χ2v) is 9.74. The second-order valence-electron chi connectivity index (χ2n) is 8.41. The first kappa shape index (κ1) is 23.3. The number of rotatable bonds is 6. The van der Waals surface area contributed by atoms with Crippen molar-refractivity contribution in [2.24, 2.45) is 5.41 Å². The van der Waals surface area contributed by atoms with Gasteiger partial charge in [0.25, 0.3) is 0 Å². The Labute approximate surface area is 192 Å². The molecule has 0 spiro atoms. The van der Waals surface area contributed by atoms with Gasteiger partial charge in [-0.15, -0.1) is 0 Å². The van der Waals surface area contributed by atoms with Crippen molar-refractivity contribution in [1.29, 1.82) is 0 Å². The number of amides is 2. The molecule has 0 atom stereocenters. The van der Waals surface area contributed by atoms with Gasteiger partial charge in [-0.05, 0) is 5.56 Å². The average molecular weight is 462 g/mol. The van der Waals surface area contributed by atoms with E-state index in [0.29, 0.717) is 43.0 Å². The molecule has 166 valence electrons. The Morgan fingerprint density at radius 2 is 1.77 bits per heavy atom. The zero-order valence-electron chi connectivity index (χ0n) is 18.1. The minimum absolute atomic E-state index is 0.0896. The lowest BCUT2D eigenvalue weighted by atomic mass is 9.94. The molecule has 2 aromatic rings. The average Bonchev–Trinajstić information content (AvgIpc) is 2.75. The number of hydrogen-bond donors (Lipinski definition) is 1. The van der Waals surface area contributed by atoms with E-state index in [1.165, 1.54) is 11.8 Å². The number of carbonyl (C=O) groups is 2. The summed E-state index contributed by atoms with van der Waals surface area (Å²) in [6, 6.07) is 11.5. The van der Waals surface area contributed by atoms with Crippen LogP contribution in [-0.4, -0.2) is 58.6 Å². The van der Waals surface area contributed by atoms with Crippen molar-refractivity contribution in [3.63, 3.8) is 0 Å². The number of halogens is 1. The Morgan fingerprint density at radius 1 is 1.10 bits per heavy atom. The largest absolute Gasteiger partial charge is 0.353 e. The van der Waals surface area contributed by atoms with Crippen molar-refractivity contribution in [2.75, 3.05) is 36.8 Å². The number of anilines is 1. The Bertz CT molecular complexity index is 912. The molecule has 2 heterocycles. The number of thioether (sulfide) groups is 1. The number of nitrogens with zero attached hydrogens (tertiary/aromatic N) is 4. The van der Waals surface area contributed by atoms with E-state index in [4.69, 9.17) is 11.6 Å². The number of piperazine rings is 1. The minimum atomic E-state index is -0.384. The van der Waals surface area contributed by atoms with Crippen LogP contribution in [0.2, 0.25) is 5.15 Å². The van der Waals surface area contributed by atoms with Crippen molar-refractivity contribution in [3.8, 4) is 0 Å². The summed E-state index contributed by atoms with van der Waals surface area (Å²) in [4.78, 5) is 37.5. The predicted octanol–water partition coefficient (Wildman–Crippen LogP) is 3.23. The van der Waals surface area contributed by atoms with Crippen LogP contribution in [0.1, 0.15) is 26.3 Å². The molecule has 0 unspecified atom stereocenters. The summed E-state index contributed by atoms with van der Waals surface area (Å²) in [5, 5.41) is 3.69. The molecule has 1 aromatic carbocycles. The lowest BCUT2D eigenvalue weighted by molar-refractivity contribution is -0.139. The first-order valence-electron chi connectivity index (χ1n) is 10.2. The van der Waals surface area contributed by atoms with E-state index in [1.807, 2.05) is 56.0 Å². The van der Waals surface area contributed by atoms with Gasteiger partial charge in [-0.3, -0.25) is 9.59 Å². The summed E-state index contributed by atoms with van der Waals surface area (Å²) < 4.78 is 0. The van der Waals surface area contributed by atoms with Crippen molar-refractivity contribution in [3.05, 3.63) is 47.1 Å². The minimum Gasteiger partial charge on any atom is -0.353 e. The fraction of sp³-hybridized carbons (Fsp3) is 0.455. The van der Waals surface area contributed by atoms with Crippen LogP contribution >= 0.6 is 23.4 Å². The Balaban J connectivity index is 1.53. The Hall–Kier alpha value is -2.32. The molecule has 9 heteroatoms. The quantitative estimate of drug-likeness (QED) is 0.404. The summed E-state index contributed by atoms with van der Waals surface area (Å²) in [6.07, 6.45) is 0. The van der Waals surface area contributed by atoms with E-state index in [2.05, 4.69) is 20.2 Å². The first-order chi connectivity index (χ1) is 14.7. The zero-order chi connectivity index (χ0) is 22.4. The summed E-state index contributed by atoms with van der Waals surface area (Å²) in [5.74, 6) is 0.995. The van der Waals surface area contributed by atoms with Crippen LogP contribution in [0.25, 0.3) is 0 Å². The first-order valence-corrected chi connectivity index (χ1v) is 11.6. The number of nitrogens with one attached hydrogen (secondary N) is 1. The summed E-state index contributed by atoms with van der Waals surface area (Å²) in [6.45, 7) is 8.93. The van der Waals surface area contributed by atoms with E-state index in [-0.39, 0.29) is 23.0 Å². The molecule has 2 amide bonds. The third-order valence-corrected chi connectivity index (χ3v) is 5.90. The van der Waals surface area contributed by atoms with Crippen LogP contribution in [-0.2, 0) is 16.1 Å². The van der Waals surface area contributed by atoms with Gasteiger partial charge in [0.1, 0.15) is 11.0 Å². The van der Waals surface area contributed by atoms with Gasteiger partial charge in [0.05, 0.1) is 5.75 Å². The van der Waals surface area contributed by atoms with Gasteiger partial charge in [0.2, 0.25) is 11.8 Å². The lowest BCUT2D eigenvalue weighted by Gasteiger charge is -2.38. The molecule has 0 bridgehead atoms. The van der Waals surface area contributed by atoms with Gasteiger partial charge in [0, 0.05) is 44.2 Å². The van der Waals surface area contributed by atoms with Gasteiger partial charge in [-0.2, -0.15) is 0 Å². The van der Waals surface area contributed by atoms with Crippen LogP contribution < -0.4 is 10.2 Å². The topological polar surface area (TPSA) is 78.4 Å². The van der Waals surface area contributed by atoms with Crippen molar-refractivity contribution >= 4 is 41.0 Å². The molecule has 0 radical (unpaired) electrons.